The summed E-state index contributed by atoms with van der Waals surface area (Å²) in [7, 11) is 1.99. The molecule has 1 aromatic carbocycles. The molecule has 0 saturated carbocycles. The van der Waals surface area contributed by atoms with E-state index in [1.54, 1.807) is 13.0 Å². The molecule has 0 aliphatic heterocycles. The van der Waals surface area contributed by atoms with Gasteiger partial charge in [0.2, 0.25) is 0 Å². The second-order valence-electron chi connectivity index (χ2n) is 4.72. The Morgan fingerprint density at radius 3 is 2.65 bits per heavy atom. The molecule has 0 spiro atoms. The van der Waals surface area contributed by atoms with E-state index in [1.807, 2.05) is 36.7 Å². The molecule has 98 valence electrons. The predicted molar refractivity (Wildman–Crippen MR) is 75.9 cm³/mol. The zero-order chi connectivity index (χ0) is 14.3. The van der Waals surface area contributed by atoms with Gasteiger partial charge in [0.25, 0.3) is 0 Å². The molecular formula is C15H13N5. The highest BCUT2D eigenvalue weighted by Gasteiger charge is 2.08. The number of hydrogen-bond donors (Lipinski definition) is 0. The third-order valence-corrected chi connectivity index (χ3v) is 3.35. The maximum atomic E-state index is 8.99. The number of benzene rings is 1. The number of rotatable bonds is 1. The first-order valence-corrected chi connectivity index (χ1v) is 6.28. The fraction of sp³-hybridized carbons (Fsp3) is 0.200. The zero-order valence-electron chi connectivity index (χ0n) is 11.5. The van der Waals surface area contributed by atoms with Crippen LogP contribution in [0.1, 0.15) is 17.3 Å². The van der Waals surface area contributed by atoms with Crippen LogP contribution in [0.2, 0.25) is 0 Å². The molecule has 0 atom stereocenters. The van der Waals surface area contributed by atoms with E-state index < -0.39 is 0 Å². The van der Waals surface area contributed by atoms with E-state index in [9.17, 15) is 0 Å². The number of imidazole rings is 1. The highest BCUT2D eigenvalue weighted by atomic mass is 15.0. The molecule has 0 unspecified atom stereocenters. The Morgan fingerprint density at radius 2 is 1.90 bits per heavy atom. The van der Waals surface area contributed by atoms with Crippen LogP contribution in [0.3, 0.4) is 0 Å². The molecule has 20 heavy (non-hydrogen) atoms. The maximum absolute atomic E-state index is 8.99. The van der Waals surface area contributed by atoms with Gasteiger partial charge in [-0.05, 0) is 26.0 Å². The predicted octanol–water partition coefficient (Wildman–Crippen LogP) is 2.52. The van der Waals surface area contributed by atoms with Crippen LogP contribution in [0.25, 0.3) is 22.3 Å². The quantitative estimate of drug-likeness (QED) is 0.676. The molecule has 0 saturated heterocycles. The third kappa shape index (κ3) is 1.91. The standard InChI is InChI=1S/C15H13N5/c1-9-17-12(8-16)7-13(18-9)11-4-5-15-14(6-11)19-10(2)20(15)3/h4-7H,1-3H3. The summed E-state index contributed by atoms with van der Waals surface area (Å²) < 4.78 is 2.05. The molecule has 5 nitrogen and oxygen atoms in total. The van der Waals surface area contributed by atoms with Crippen molar-refractivity contribution < 1.29 is 0 Å². The Labute approximate surface area is 116 Å². The van der Waals surface area contributed by atoms with Crippen molar-refractivity contribution in [3.63, 3.8) is 0 Å². The summed E-state index contributed by atoms with van der Waals surface area (Å²) in [6.07, 6.45) is 0. The van der Waals surface area contributed by atoms with Gasteiger partial charge < -0.3 is 4.57 Å². The number of aromatic nitrogens is 4. The van der Waals surface area contributed by atoms with E-state index in [0.29, 0.717) is 11.5 Å². The summed E-state index contributed by atoms with van der Waals surface area (Å²) in [5.41, 5.74) is 4.08. The summed E-state index contributed by atoms with van der Waals surface area (Å²) in [6.45, 7) is 3.76. The normalized spacial score (nSPS) is 10.7. The molecule has 0 amide bonds. The lowest BCUT2D eigenvalue weighted by molar-refractivity contribution is 0.886. The second-order valence-corrected chi connectivity index (χ2v) is 4.72. The Morgan fingerprint density at radius 1 is 1.10 bits per heavy atom. The fourth-order valence-electron chi connectivity index (χ4n) is 2.25. The number of nitriles is 1. The van der Waals surface area contributed by atoms with Gasteiger partial charge in [0.05, 0.1) is 16.7 Å². The Hall–Kier alpha value is -2.74. The summed E-state index contributed by atoms with van der Waals surface area (Å²) in [4.78, 5) is 13.0. The lowest BCUT2D eigenvalue weighted by Crippen LogP contribution is -1.94. The van der Waals surface area contributed by atoms with E-state index in [4.69, 9.17) is 5.26 Å². The Bertz CT molecular complexity index is 855. The van der Waals surface area contributed by atoms with Crippen molar-refractivity contribution >= 4 is 11.0 Å². The van der Waals surface area contributed by atoms with Crippen molar-refractivity contribution in [1.29, 1.82) is 5.26 Å². The highest BCUT2D eigenvalue weighted by Crippen LogP contribution is 2.23. The molecule has 3 aromatic rings. The van der Waals surface area contributed by atoms with E-state index in [0.717, 1.165) is 28.1 Å². The molecule has 0 aliphatic carbocycles. The monoisotopic (exact) mass is 263 g/mol. The first-order chi connectivity index (χ1) is 9.58. The smallest absolute Gasteiger partial charge is 0.144 e. The minimum absolute atomic E-state index is 0.379. The van der Waals surface area contributed by atoms with Crippen LogP contribution in [0, 0.1) is 25.2 Å². The van der Waals surface area contributed by atoms with Crippen LogP contribution < -0.4 is 0 Å². The molecule has 3 rings (SSSR count). The van der Waals surface area contributed by atoms with Crippen LogP contribution >= 0.6 is 0 Å². The van der Waals surface area contributed by atoms with E-state index >= 15 is 0 Å². The van der Waals surface area contributed by atoms with Crippen LogP contribution in [0.4, 0.5) is 0 Å². The lowest BCUT2D eigenvalue weighted by Gasteiger charge is -2.03. The molecule has 2 heterocycles. The fourth-order valence-corrected chi connectivity index (χ4v) is 2.25. The molecule has 0 aliphatic rings. The van der Waals surface area contributed by atoms with Crippen molar-refractivity contribution in [2.45, 2.75) is 13.8 Å². The van der Waals surface area contributed by atoms with Gasteiger partial charge in [0.1, 0.15) is 23.4 Å². The van der Waals surface area contributed by atoms with E-state index in [1.165, 1.54) is 0 Å². The van der Waals surface area contributed by atoms with Crippen LogP contribution in [0.5, 0.6) is 0 Å². The summed E-state index contributed by atoms with van der Waals surface area (Å²) in [5, 5.41) is 8.99. The van der Waals surface area contributed by atoms with Crippen molar-refractivity contribution in [2.24, 2.45) is 7.05 Å². The summed E-state index contributed by atoms with van der Waals surface area (Å²) in [6, 6.07) is 9.76. The number of nitrogens with zero attached hydrogens (tertiary/aromatic N) is 5. The number of aryl methyl sites for hydroxylation is 3. The van der Waals surface area contributed by atoms with Crippen LogP contribution in [-0.2, 0) is 7.05 Å². The average molecular weight is 263 g/mol. The molecular weight excluding hydrogens is 250 g/mol. The van der Waals surface area contributed by atoms with Gasteiger partial charge in [0.15, 0.2) is 0 Å². The summed E-state index contributed by atoms with van der Waals surface area (Å²) in [5.74, 6) is 1.56. The average Bonchev–Trinajstić information content (AvgIpc) is 2.73. The third-order valence-electron chi connectivity index (χ3n) is 3.35. The number of fused-ring (bicyclic) bond motifs is 1. The Kier molecular flexibility index (Phi) is 2.72. The van der Waals surface area contributed by atoms with Gasteiger partial charge in [-0.3, -0.25) is 0 Å². The second kappa shape index (κ2) is 4.42. The van der Waals surface area contributed by atoms with Crippen molar-refractivity contribution in [3.8, 4) is 17.3 Å². The van der Waals surface area contributed by atoms with Gasteiger partial charge >= 0.3 is 0 Å². The molecule has 5 heteroatoms. The zero-order valence-corrected chi connectivity index (χ0v) is 11.5. The summed E-state index contributed by atoms with van der Waals surface area (Å²) >= 11 is 0. The Balaban J connectivity index is 2.20. The molecule has 0 radical (unpaired) electrons. The topological polar surface area (TPSA) is 67.4 Å². The van der Waals surface area contributed by atoms with Crippen molar-refractivity contribution in [1.82, 2.24) is 19.5 Å². The number of hydrogen-bond acceptors (Lipinski definition) is 4. The molecule has 0 N–H and O–H groups in total. The SMILES string of the molecule is Cc1nc(C#N)cc(-c2ccc3c(c2)nc(C)n3C)n1. The largest absolute Gasteiger partial charge is 0.331 e. The van der Waals surface area contributed by atoms with Gasteiger partial charge in [0, 0.05) is 18.7 Å². The van der Waals surface area contributed by atoms with E-state index in [-0.39, 0.29) is 0 Å². The van der Waals surface area contributed by atoms with Crippen LogP contribution in [-0.4, -0.2) is 19.5 Å². The molecule has 2 aromatic heterocycles. The van der Waals surface area contributed by atoms with E-state index in [2.05, 4.69) is 21.0 Å². The minimum Gasteiger partial charge on any atom is -0.331 e. The van der Waals surface area contributed by atoms with Crippen LogP contribution in [0.15, 0.2) is 24.3 Å². The first-order valence-electron chi connectivity index (χ1n) is 6.28. The lowest BCUT2D eigenvalue weighted by atomic mass is 10.1. The van der Waals surface area contributed by atoms with Gasteiger partial charge in [-0.2, -0.15) is 5.26 Å². The molecule has 0 fully saturated rings. The van der Waals surface area contributed by atoms with Gasteiger partial charge in [-0.1, -0.05) is 6.07 Å². The van der Waals surface area contributed by atoms with Crippen molar-refractivity contribution in [2.75, 3.05) is 0 Å². The maximum Gasteiger partial charge on any atom is 0.144 e. The highest BCUT2D eigenvalue weighted by molar-refractivity contribution is 5.81. The van der Waals surface area contributed by atoms with Gasteiger partial charge in [-0.25, -0.2) is 15.0 Å². The van der Waals surface area contributed by atoms with Gasteiger partial charge in [-0.15, -0.1) is 0 Å². The van der Waals surface area contributed by atoms with Crippen molar-refractivity contribution in [3.05, 3.63) is 41.6 Å². The first kappa shape index (κ1) is 12.3. The minimum atomic E-state index is 0.379. The molecule has 0 bridgehead atoms.